The predicted molar refractivity (Wildman–Crippen MR) is 106 cm³/mol. The molecular weight excluding hydrogens is 412 g/mol. The van der Waals surface area contributed by atoms with Crippen LogP contribution in [0, 0.1) is 0 Å². The van der Waals surface area contributed by atoms with Gasteiger partial charge in [-0.1, -0.05) is 34.7 Å². The highest BCUT2D eigenvalue weighted by Gasteiger charge is 2.34. The number of benzene rings is 2. The van der Waals surface area contributed by atoms with Crippen LogP contribution < -0.4 is 19.9 Å². The maximum atomic E-state index is 12.7. The molecular formula is C20H17BrN2O4. The van der Waals surface area contributed by atoms with Gasteiger partial charge in [-0.05, 0) is 48.0 Å². The Morgan fingerprint density at radius 3 is 2.56 bits per heavy atom. The molecule has 0 saturated carbocycles. The van der Waals surface area contributed by atoms with Crippen LogP contribution in [0.4, 0.5) is 5.69 Å². The van der Waals surface area contributed by atoms with Crippen molar-refractivity contribution < 1.29 is 19.1 Å². The number of halogens is 1. The van der Waals surface area contributed by atoms with Crippen molar-refractivity contribution in [1.82, 2.24) is 5.43 Å². The molecule has 1 aliphatic rings. The number of carbonyl (C=O) groups excluding carboxylic acids is 2. The Labute approximate surface area is 165 Å². The van der Waals surface area contributed by atoms with Crippen molar-refractivity contribution in [3.05, 3.63) is 70.7 Å². The zero-order valence-corrected chi connectivity index (χ0v) is 16.2. The van der Waals surface area contributed by atoms with E-state index >= 15 is 0 Å². The van der Waals surface area contributed by atoms with E-state index < -0.39 is 11.8 Å². The molecule has 138 valence electrons. The number of carbonyl (C=O) groups is 2. The summed E-state index contributed by atoms with van der Waals surface area (Å²) in [5.41, 5.74) is 3.84. The molecule has 3 rings (SSSR count). The van der Waals surface area contributed by atoms with Gasteiger partial charge in [0.05, 0.1) is 12.8 Å². The molecule has 2 aromatic carbocycles. The molecule has 27 heavy (non-hydrogen) atoms. The molecule has 1 fully saturated rings. The summed E-state index contributed by atoms with van der Waals surface area (Å²) in [6, 6.07) is 12.2. The van der Waals surface area contributed by atoms with Crippen LogP contribution >= 0.6 is 15.9 Å². The number of nitrogens with zero attached hydrogens (tertiary/aromatic N) is 1. The Morgan fingerprint density at radius 1 is 1.15 bits per heavy atom. The van der Waals surface area contributed by atoms with Gasteiger partial charge in [0.15, 0.2) is 11.5 Å². The average Bonchev–Trinajstić information content (AvgIpc) is 2.95. The van der Waals surface area contributed by atoms with E-state index in [4.69, 9.17) is 9.47 Å². The van der Waals surface area contributed by atoms with E-state index in [0.29, 0.717) is 29.4 Å². The van der Waals surface area contributed by atoms with Crippen LogP contribution in [0.5, 0.6) is 11.5 Å². The molecule has 1 aliphatic heterocycles. The van der Waals surface area contributed by atoms with Crippen LogP contribution in [-0.2, 0) is 9.59 Å². The summed E-state index contributed by atoms with van der Waals surface area (Å²) >= 11 is 3.34. The molecule has 2 amide bonds. The number of hydrogen-bond donors (Lipinski definition) is 1. The zero-order chi connectivity index (χ0) is 19.4. The summed E-state index contributed by atoms with van der Waals surface area (Å²) in [5, 5.41) is 1.22. The van der Waals surface area contributed by atoms with Crippen molar-refractivity contribution in [3.63, 3.8) is 0 Å². The monoisotopic (exact) mass is 428 g/mol. The molecule has 0 aliphatic carbocycles. The van der Waals surface area contributed by atoms with E-state index in [1.54, 1.807) is 48.5 Å². The molecule has 0 unspecified atom stereocenters. The highest BCUT2D eigenvalue weighted by atomic mass is 79.9. The first-order valence-corrected chi connectivity index (χ1v) is 8.87. The van der Waals surface area contributed by atoms with Crippen LogP contribution in [0.1, 0.15) is 5.56 Å². The predicted octanol–water partition coefficient (Wildman–Crippen LogP) is 3.48. The molecule has 1 heterocycles. The summed E-state index contributed by atoms with van der Waals surface area (Å²) in [7, 11) is 1.52. The SMILES string of the molecule is C=CCOc1ccc(C=C2C(=O)NN(c3ccc(Br)cc3)C2=O)cc1OC. The lowest BCUT2D eigenvalue weighted by molar-refractivity contribution is -0.117. The van der Waals surface area contributed by atoms with Crippen molar-refractivity contribution in [2.24, 2.45) is 0 Å². The number of ether oxygens (including phenoxy) is 2. The van der Waals surface area contributed by atoms with Crippen molar-refractivity contribution in [3.8, 4) is 11.5 Å². The second kappa shape index (κ2) is 8.09. The topological polar surface area (TPSA) is 67.9 Å². The Kier molecular flexibility index (Phi) is 5.61. The molecule has 0 atom stereocenters. The third-order valence-electron chi connectivity index (χ3n) is 3.83. The molecule has 7 heteroatoms. The smallest absolute Gasteiger partial charge is 0.282 e. The van der Waals surface area contributed by atoms with Gasteiger partial charge < -0.3 is 9.47 Å². The highest BCUT2D eigenvalue weighted by Crippen LogP contribution is 2.30. The van der Waals surface area contributed by atoms with Gasteiger partial charge in [-0.3, -0.25) is 15.0 Å². The molecule has 1 saturated heterocycles. The number of methoxy groups -OCH3 is 1. The van der Waals surface area contributed by atoms with E-state index in [1.165, 1.54) is 18.2 Å². The van der Waals surface area contributed by atoms with Gasteiger partial charge in [-0.15, -0.1) is 0 Å². The van der Waals surface area contributed by atoms with Crippen molar-refractivity contribution >= 4 is 39.5 Å². The molecule has 2 aromatic rings. The van der Waals surface area contributed by atoms with Crippen LogP contribution in [0.25, 0.3) is 6.08 Å². The van der Waals surface area contributed by atoms with Crippen LogP contribution in [-0.4, -0.2) is 25.5 Å². The Morgan fingerprint density at radius 2 is 1.89 bits per heavy atom. The van der Waals surface area contributed by atoms with Crippen molar-refractivity contribution in [1.29, 1.82) is 0 Å². The summed E-state index contributed by atoms with van der Waals surface area (Å²) in [4.78, 5) is 24.9. The number of nitrogens with one attached hydrogen (secondary N) is 1. The summed E-state index contributed by atoms with van der Waals surface area (Å²) in [5.74, 6) is 0.169. The molecule has 0 radical (unpaired) electrons. The van der Waals surface area contributed by atoms with Gasteiger partial charge in [0.25, 0.3) is 11.8 Å². The molecule has 0 spiro atoms. The van der Waals surface area contributed by atoms with Gasteiger partial charge in [0.2, 0.25) is 0 Å². The van der Waals surface area contributed by atoms with Gasteiger partial charge >= 0.3 is 0 Å². The Hall–Kier alpha value is -3.06. The fourth-order valence-corrected chi connectivity index (χ4v) is 2.80. The van der Waals surface area contributed by atoms with E-state index in [-0.39, 0.29) is 5.57 Å². The minimum atomic E-state index is -0.464. The number of hydrogen-bond acceptors (Lipinski definition) is 4. The molecule has 0 aromatic heterocycles. The first-order valence-electron chi connectivity index (χ1n) is 8.08. The lowest BCUT2D eigenvalue weighted by Gasteiger charge is -2.14. The fourth-order valence-electron chi connectivity index (χ4n) is 2.54. The average molecular weight is 429 g/mol. The van der Waals surface area contributed by atoms with Crippen LogP contribution in [0.15, 0.2) is 65.2 Å². The van der Waals surface area contributed by atoms with E-state index in [2.05, 4.69) is 27.9 Å². The second-order valence-corrected chi connectivity index (χ2v) is 6.54. The fraction of sp³-hybridized carbons (Fsp3) is 0.100. The largest absolute Gasteiger partial charge is 0.493 e. The van der Waals surface area contributed by atoms with Crippen molar-refractivity contribution in [2.45, 2.75) is 0 Å². The standard InChI is InChI=1S/C20H17BrN2O4/c1-3-10-27-17-9-4-13(12-18(17)26-2)11-16-19(24)22-23(20(16)25)15-7-5-14(21)6-8-15/h3-9,11-12H,1,10H2,2H3,(H,22,24). The highest BCUT2D eigenvalue weighted by molar-refractivity contribution is 9.10. The summed E-state index contributed by atoms with van der Waals surface area (Å²) in [6.45, 7) is 3.95. The number of anilines is 1. The quantitative estimate of drug-likeness (QED) is 0.434. The maximum absolute atomic E-state index is 12.7. The number of amides is 2. The second-order valence-electron chi connectivity index (χ2n) is 5.63. The number of rotatable bonds is 6. The molecule has 1 N–H and O–H groups in total. The third-order valence-corrected chi connectivity index (χ3v) is 4.36. The van der Waals surface area contributed by atoms with Crippen molar-refractivity contribution in [2.75, 3.05) is 18.7 Å². The van der Waals surface area contributed by atoms with E-state index in [0.717, 1.165) is 4.47 Å². The maximum Gasteiger partial charge on any atom is 0.282 e. The Bertz CT molecular complexity index is 922. The minimum absolute atomic E-state index is 0.0414. The minimum Gasteiger partial charge on any atom is -0.493 e. The number of hydrazine groups is 1. The zero-order valence-electron chi connectivity index (χ0n) is 14.6. The lowest BCUT2D eigenvalue weighted by atomic mass is 10.1. The van der Waals surface area contributed by atoms with Gasteiger partial charge in [-0.25, -0.2) is 5.01 Å². The third kappa shape index (κ3) is 4.03. The normalized spacial score (nSPS) is 15.0. The van der Waals surface area contributed by atoms with Gasteiger partial charge in [-0.2, -0.15) is 0 Å². The molecule has 6 nitrogen and oxygen atoms in total. The van der Waals surface area contributed by atoms with E-state index in [9.17, 15) is 9.59 Å². The summed E-state index contributed by atoms with van der Waals surface area (Å²) in [6.07, 6.45) is 3.16. The van der Waals surface area contributed by atoms with Crippen LogP contribution in [0.2, 0.25) is 0 Å². The Balaban J connectivity index is 1.88. The van der Waals surface area contributed by atoms with Gasteiger partial charge in [0.1, 0.15) is 12.2 Å². The first kappa shape index (κ1) is 18.7. The van der Waals surface area contributed by atoms with Crippen LogP contribution in [0.3, 0.4) is 0 Å². The summed E-state index contributed by atoms with van der Waals surface area (Å²) < 4.78 is 11.7. The lowest BCUT2D eigenvalue weighted by Crippen LogP contribution is -2.35. The van der Waals surface area contributed by atoms with E-state index in [1.807, 2.05) is 0 Å². The van der Waals surface area contributed by atoms with Gasteiger partial charge in [0, 0.05) is 4.47 Å². The first-order chi connectivity index (χ1) is 13.0. The molecule has 0 bridgehead atoms.